The standard InChI is InChI=1S/C22H31N5O4/c1-14-23-21(26-25-14)18-12-27(11-16-4-5-17(29-2)10-20(16)30-3)13-19(18)24-22(28)15-6-8-31-9-7-15/h4-5,10,15,18-19H,6-9,11-13H2,1-3H3,(H,24,28)(H,23,25,26)/t18-,19-/m1/s1. The van der Waals surface area contributed by atoms with Gasteiger partial charge >= 0.3 is 0 Å². The fourth-order valence-electron chi connectivity index (χ4n) is 4.43. The van der Waals surface area contributed by atoms with Crippen LogP contribution in [0.3, 0.4) is 0 Å². The zero-order valence-corrected chi connectivity index (χ0v) is 18.4. The van der Waals surface area contributed by atoms with Crippen LogP contribution < -0.4 is 14.8 Å². The number of hydrogen-bond acceptors (Lipinski definition) is 7. The number of likely N-dealkylation sites (tertiary alicyclic amines) is 1. The van der Waals surface area contributed by atoms with Crippen molar-refractivity contribution < 1.29 is 19.0 Å². The van der Waals surface area contributed by atoms with Gasteiger partial charge in [0.1, 0.15) is 17.3 Å². The maximum Gasteiger partial charge on any atom is 0.223 e. The lowest BCUT2D eigenvalue weighted by Crippen LogP contribution is -2.44. The van der Waals surface area contributed by atoms with Crippen LogP contribution in [-0.4, -0.2) is 72.6 Å². The van der Waals surface area contributed by atoms with E-state index in [1.165, 1.54) is 0 Å². The van der Waals surface area contributed by atoms with Crippen molar-refractivity contribution in [3.05, 3.63) is 35.4 Å². The molecule has 2 aromatic rings. The lowest BCUT2D eigenvalue weighted by molar-refractivity contribution is -0.128. The number of carbonyl (C=O) groups is 1. The van der Waals surface area contributed by atoms with E-state index in [9.17, 15) is 4.79 Å². The van der Waals surface area contributed by atoms with E-state index in [0.717, 1.165) is 54.6 Å². The molecule has 3 heterocycles. The maximum atomic E-state index is 12.9. The Kier molecular flexibility index (Phi) is 6.72. The number of aromatic nitrogens is 3. The molecule has 1 amide bonds. The summed E-state index contributed by atoms with van der Waals surface area (Å²) in [6.45, 7) is 5.37. The quantitative estimate of drug-likeness (QED) is 0.690. The molecule has 2 aliphatic rings. The van der Waals surface area contributed by atoms with Crippen molar-refractivity contribution in [1.29, 1.82) is 0 Å². The average molecular weight is 430 g/mol. The van der Waals surface area contributed by atoms with Crippen LogP contribution in [0.25, 0.3) is 0 Å². The molecule has 1 aromatic carbocycles. The van der Waals surface area contributed by atoms with Gasteiger partial charge in [-0.1, -0.05) is 6.07 Å². The second-order valence-corrected chi connectivity index (χ2v) is 8.26. The fourth-order valence-corrected chi connectivity index (χ4v) is 4.43. The average Bonchev–Trinajstić information content (AvgIpc) is 3.40. The molecule has 0 aliphatic carbocycles. The number of H-pyrrole nitrogens is 1. The molecule has 2 fully saturated rings. The number of rotatable bonds is 7. The Morgan fingerprint density at radius 3 is 2.74 bits per heavy atom. The van der Waals surface area contributed by atoms with Crippen LogP contribution in [0.5, 0.6) is 11.5 Å². The Hall–Kier alpha value is -2.65. The van der Waals surface area contributed by atoms with E-state index in [1.54, 1.807) is 14.2 Å². The molecule has 0 bridgehead atoms. The molecule has 0 saturated carbocycles. The lowest BCUT2D eigenvalue weighted by atomic mass is 9.97. The van der Waals surface area contributed by atoms with Crippen LogP contribution in [-0.2, 0) is 16.1 Å². The van der Waals surface area contributed by atoms with Gasteiger partial charge in [0.25, 0.3) is 0 Å². The number of nitrogens with one attached hydrogen (secondary N) is 2. The monoisotopic (exact) mass is 429 g/mol. The van der Waals surface area contributed by atoms with Crippen molar-refractivity contribution in [2.24, 2.45) is 5.92 Å². The third-order valence-electron chi connectivity index (χ3n) is 6.15. The van der Waals surface area contributed by atoms with Crippen LogP contribution in [0, 0.1) is 12.8 Å². The van der Waals surface area contributed by atoms with E-state index in [4.69, 9.17) is 14.2 Å². The number of ether oxygens (including phenoxy) is 3. The van der Waals surface area contributed by atoms with Gasteiger partial charge < -0.3 is 19.5 Å². The Morgan fingerprint density at radius 1 is 1.26 bits per heavy atom. The van der Waals surface area contributed by atoms with E-state index in [2.05, 4.69) is 25.4 Å². The zero-order chi connectivity index (χ0) is 21.8. The van der Waals surface area contributed by atoms with Gasteiger partial charge in [-0.05, 0) is 25.8 Å². The minimum atomic E-state index is -0.0465. The second-order valence-electron chi connectivity index (χ2n) is 8.26. The summed E-state index contributed by atoms with van der Waals surface area (Å²) in [7, 11) is 3.31. The highest BCUT2D eigenvalue weighted by Gasteiger charge is 2.38. The number of amides is 1. The Bertz CT molecular complexity index is 896. The van der Waals surface area contributed by atoms with Gasteiger partial charge in [-0.2, -0.15) is 5.10 Å². The predicted octanol–water partition coefficient (Wildman–Crippen LogP) is 1.64. The number of aryl methyl sites for hydroxylation is 1. The van der Waals surface area contributed by atoms with E-state index < -0.39 is 0 Å². The molecule has 2 atom stereocenters. The van der Waals surface area contributed by atoms with Crippen molar-refractivity contribution in [1.82, 2.24) is 25.4 Å². The van der Waals surface area contributed by atoms with Crippen molar-refractivity contribution in [3.8, 4) is 11.5 Å². The van der Waals surface area contributed by atoms with E-state index >= 15 is 0 Å². The molecule has 2 aliphatic heterocycles. The smallest absolute Gasteiger partial charge is 0.223 e. The van der Waals surface area contributed by atoms with E-state index in [1.807, 2.05) is 25.1 Å². The van der Waals surface area contributed by atoms with Gasteiger partial charge in [0, 0.05) is 50.4 Å². The van der Waals surface area contributed by atoms with E-state index in [0.29, 0.717) is 19.8 Å². The van der Waals surface area contributed by atoms with Gasteiger partial charge in [-0.25, -0.2) is 4.98 Å². The number of hydrogen-bond donors (Lipinski definition) is 2. The summed E-state index contributed by atoms with van der Waals surface area (Å²) in [6, 6.07) is 5.81. The SMILES string of the molecule is COc1ccc(CN2C[C@@H](NC(=O)C3CCOCC3)[C@H](c3n[nH]c(C)n3)C2)c(OC)c1. The largest absolute Gasteiger partial charge is 0.497 e. The third kappa shape index (κ3) is 4.99. The first kappa shape index (κ1) is 21.6. The summed E-state index contributed by atoms with van der Waals surface area (Å²) < 4.78 is 16.3. The molecule has 168 valence electrons. The predicted molar refractivity (Wildman–Crippen MR) is 114 cm³/mol. The van der Waals surface area contributed by atoms with Gasteiger partial charge in [0.15, 0.2) is 5.82 Å². The highest BCUT2D eigenvalue weighted by atomic mass is 16.5. The lowest BCUT2D eigenvalue weighted by Gasteiger charge is -2.25. The number of benzene rings is 1. The van der Waals surface area contributed by atoms with Crippen LogP contribution in [0.1, 0.15) is 36.0 Å². The molecule has 2 saturated heterocycles. The minimum absolute atomic E-state index is 0.0130. The molecule has 0 unspecified atom stereocenters. The number of methoxy groups -OCH3 is 2. The van der Waals surface area contributed by atoms with Crippen molar-refractivity contribution in [2.45, 2.75) is 38.3 Å². The summed E-state index contributed by atoms with van der Waals surface area (Å²) in [5.74, 6) is 3.22. The first-order chi connectivity index (χ1) is 15.1. The van der Waals surface area contributed by atoms with Crippen molar-refractivity contribution in [3.63, 3.8) is 0 Å². The summed E-state index contributed by atoms with van der Waals surface area (Å²) in [4.78, 5) is 19.8. The Labute approximate surface area is 182 Å². The second kappa shape index (κ2) is 9.65. The minimum Gasteiger partial charge on any atom is -0.497 e. The highest BCUT2D eigenvalue weighted by Crippen LogP contribution is 2.31. The highest BCUT2D eigenvalue weighted by molar-refractivity contribution is 5.79. The molecular formula is C22H31N5O4. The van der Waals surface area contributed by atoms with Crippen LogP contribution in [0.15, 0.2) is 18.2 Å². The third-order valence-corrected chi connectivity index (χ3v) is 6.15. The summed E-state index contributed by atoms with van der Waals surface area (Å²) in [5.41, 5.74) is 1.07. The maximum absolute atomic E-state index is 12.9. The van der Waals surface area contributed by atoms with Crippen molar-refractivity contribution >= 4 is 5.91 Å². The molecule has 2 N–H and O–H groups in total. The topological polar surface area (TPSA) is 102 Å². The molecule has 0 radical (unpaired) electrons. The Balaban J connectivity index is 1.49. The summed E-state index contributed by atoms with van der Waals surface area (Å²) >= 11 is 0. The molecule has 0 spiro atoms. The number of nitrogens with zero attached hydrogens (tertiary/aromatic N) is 3. The summed E-state index contributed by atoms with van der Waals surface area (Å²) in [6.07, 6.45) is 1.55. The molecule has 1 aromatic heterocycles. The van der Waals surface area contributed by atoms with Crippen LogP contribution in [0.2, 0.25) is 0 Å². The molecule has 9 heteroatoms. The fraction of sp³-hybridized carbons (Fsp3) is 0.591. The zero-order valence-electron chi connectivity index (χ0n) is 18.4. The van der Waals surface area contributed by atoms with Gasteiger partial charge in [-0.3, -0.25) is 14.8 Å². The van der Waals surface area contributed by atoms with Crippen LogP contribution in [0.4, 0.5) is 0 Å². The first-order valence-electron chi connectivity index (χ1n) is 10.8. The van der Waals surface area contributed by atoms with Crippen molar-refractivity contribution in [2.75, 3.05) is 40.5 Å². The van der Waals surface area contributed by atoms with Gasteiger partial charge in [0.05, 0.1) is 26.2 Å². The summed E-state index contributed by atoms with van der Waals surface area (Å²) in [5, 5.41) is 10.6. The number of carbonyl (C=O) groups excluding carboxylic acids is 1. The molecular weight excluding hydrogens is 398 g/mol. The van der Waals surface area contributed by atoms with Gasteiger partial charge in [0.2, 0.25) is 5.91 Å². The first-order valence-corrected chi connectivity index (χ1v) is 10.8. The molecule has 31 heavy (non-hydrogen) atoms. The Morgan fingerprint density at radius 2 is 2.06 bits per heavy atom. The van der Waals surface area contributed by atoms with E-state index in [-0.39, 0.29) is 23.8 Å². The number of aromatic amines is 1. The van der Waals surface area contributed by atoms with Gasteiger partial charge in [-0.15, -0.1) is 0 Å². The molecule has 4 rings (SSSR count). The van der Waals surface area contributed by atoms with Crippen LogP contribution >= 0.6 is 0 Å². The normalized spacial score (nSPS) is 22.4. The molecule has 9 nitrogen and oxygen atoms in total.